The van der Waals surface area contributed by atoms with Crippen LogP contribution in [0.1, 0.15) is 33.1 Å². The standard InChI is InChI=1S/C34H31N3O/c1-25-12-8-9-17-28(25)32-24-30(29-18-10-11-19-31(29)35-32)34(38)37-22-20-36(21-23-37)33(26-13-4-2-5-14-26)27-15-6-3-7-16-27/h2-19,24,33H,20-23H2,1H3/p+1. The number of nitrogens with zero attached hydrogens (tertiary/aromatic N) is 2. The molecule has 4 aromatic carbocycles. The van der Waals surface area contributed by atoms with E-state index in [-0.39, 0.29) is 11.9 Å². The van der Waals surface area contributed by atoms with Crippen molar-refractivity contribution in [2.45, 2.75) is 13.0 Å². The van der Waals surface area contributed by atoms with Gasteiger partial charge in [-0.05, 0) is 24.6 Å². The normalized spacial score (nSPS) is 14.2. The number of nitrogens with one attached hydrogen (secondary N) is 1. The monoisotopic (exact) mass is 498 g/mol. The molecule has 1 fully saturated rings. The van der Waals surface area contributed by atoms with Gasteiger partial charge in [-0.1, -0.05) is 103 Å². The quantitative estimate of drug-likeness (QED) is 0.355. The largest absolute Gasteiger partial charge is 0.327 e. The third-order valence-electron chi connectivity index (χ3n) is 7.73. The molecule has 1 aliphatic rings. The van der Waals surface area contributed by atoms with Gasteiger partial charge in [0.1, 0.15) is 6.04 Å². The number of rotatable bonds is 5. The molecule has 0 unspecified atom stereocenters. The van der Waals surface area contributed by atoms with Crippen LogP contribution in [0.3, 0.4) is 0 Å². The molecule has 188 valence electrons. The highest BCUT2D eigenvalue weighted by molar-refractivity contribution is 6.07. The van der Waals surface area contributed by atoms with Gasteiger partial charge in [0.2, 0.25) is 0 Å². The number of hydrogen-bond acceptors (Lipinski definition) is 2. The Morgan fingerprint density at radius 3 is 2.00 bits per heavy atom. The van der Waals surface area contributed by atoms with Gasteiger partial charge in [-0.15, -0.1) is 0 Å². The highest BCUT2D eigenvalue weighted by Gasteiger charge is 2.32. The van der Waals surface area contributed by atoms with Gasteiger partial charge in [0.15, 0.2) is 0 Å². The first kappa shape index (κ1) is 24.1. The number of aryl methyl sites for hydroxylation is 1. The SMILES string of the molecule is Cc1ccccc1-c1cc(C(=O)N2CC[NH+](C(c3ccccc3)c3ccccc3)CC2)c2ccccc2n1. The molecule has 6 rings (SSSR count). The Morgan fingerprint density at radius 1 is 0.763 bits per heavy atom. The summed E-state index contributed by atoms with van der Waals surface area (Å²) in [5, 5.41) is 0.913. The van der Waals surface area contributed by atoms with E-state index in [0.717, 1.165) is 59.5 Å². The summed E-state index contributed by atoms with van der Waals surface area (Å²) in [5.41, 5.74) is 7.29. The first-order valence-electron chi connectivity index (χ1n) is 13.4. The van der Waals surface area contributed by atoms with E-state index >= 15 is 0 Å². The Bertz CT molecular complexity index is 1520. The predicted molar refractivity (Wildman–Crippen MR) is 153 cm³/mol. The zero-order valence-corrected chi connectivity index (χ0v) is 21.7. The van der Waals surface area contributed by atoms with Crippen molar-refractivity contribution in [3.63, 3.8) is 0 Å². The van der Waals surface area contributed by atoms with Crippen molar-refractivity contribution >= 4 is 16.8 Å². The van der Waals surface area contributed by atoms with Crippen molar-refractivity contribution in [3.05, 3.63) is 138 Å². The summed E-state index contributed by atoms with van der Waals surface area (Å²) in [6, 6.07) is 39.9. The molecule has 1 saturated heterocycles. The van der Waals surface area contributed by atoms with Crippen LogP contribution in [-0.2, 0) is 0 Å². The van der Waals surface area contributed by atoms with Gasteiger partial charge in [-0.2, -0.15) is 0 Å². The third-order valence-corrected chi connectivity index (χ3v) is 7.73. The number of pyridine rings is 1. The van der Waals surface area contributed by atoms with Crippen molar-refractivity contribution in [2.24, 2.45) is 0 Å². The highest BCUT2D eigenvalue weighted by atomic mass is 16.2. The number of benzene rings is 4. The first-order chi connectivity index (χ1) is 18.7. The Hall–Kier alpha value is -4.28. The topological polar surface area (TPSA) is 37.6 Å². The lowest BCUT2D eigenvalue weighted by atomic mass is 9.96. The van der Waals surface area contributed by atoms with Crippen LogP contribution < -0.4 is 4.90 Å². The molecule has 0 saturated carbocycles. The highest BCUT2D eigenvalue weighted by Crippen LogP contribution is 2.28. The van der Waals surface area contributed by atoms with Gasteiger partial charge >= 0.3 is 0 Å². The first-order valence-corrected chi connectivity index (χ1v) is 13.4. The molecule has 4 nitrogen and oxygen atoms in total. The number of piperazine rings is 1. The Kier molecular flexibility index (Phi) is 6.72. The smallest absolute Gasteiger partial charge is 0.255 e. The lowest BCUT2D eigenvalue weighted by Crippen LogP contribution is -3.15. The fourth-order valence-corrected chi connectivity index (χ4v) is 5.76. The Morgan fingerprint density at radius 2 is 1.34 bits per heavy atom. The summed E-state index contributed by atoms with van der Waals surface area (Å²) in [6.07, 6.45) is 0. The minimum absolute atomic E-state index is 0.0912. The van der Waals surface area contributed by atoms with Crippen molar-refractivity contribution in [1.29, 1.82) is 0 Å². The molecule has 38 heavy (non-hydrogen) atoms. The minimum atomic E-state index is 0.0912. The van der Waals surface area contributed by atoms with E-state index in [0.29, 0.717) is 0 Å². The fraction of sp³-hybridized carbons (Fsp3) is 0.176. The van der Waals surface area contributed by atoms with Gasteiger partial charge in [-0.3, -0.25) is 4.79 Å². The van der Waals surface area contributed by atoms with Crippen LogP contribution >= 0.6 is 0 Å². The molecule has 0 radical (unpaired) electrons. The summed E-state index contributed by atoms with van der Waals surface area (Å²) in [5.74, 6) is 0.0912. The molecule has 0 atom stereocenters. The van der Waals surface area contributed by atoms with E-state index in [2.05, 4.69) is 79.7 Å². The molecular weight excluding hydrogens is 466 g/mol. The van der Waals surface area contributed by atoms with Crippen LogP contribution in [-0.4, -0.2) is 42.0 Å². The van der Waals surface area contributed by atoms with Gasteiger partial charge < -0.3 is 9.80 Å². The van der Waals surface area contributed by atoms with E-state index in [9.17, 15) is 4.79 Å². The van der Waals surface area contributed by atoms with Crippen LogP contribution in [0.25, 0.3) is 22.2 Å². The van der Waals surface area contributed by atoms with Crippen LogP contribution in [0, 0.1) is 6.92 Å². The van der Waals surface area contributed by atoms with E-state index in [1.807, 2.05) is 47.4 Å². The van der Waals surface area contributed by atoms with Crippen molar-refractivity contribution in [2.75, 3.05) is 26.2 Å². The molecule has 0 aliphatic carbocycles. The number of carbonyl (C=O) groups is 1. The Balaban J connectivity index is 1.29. The summed E-state index contributed by atoms with van der Waals surface area (Å²) in [4.78, 5) is 22.4. The van der Waals surface area contributed by atoms with Crippen LogP contribution in [0.2, 0.25) is 0 Å². The summed E-state index contributed by atoms with van der Waals surface area (Å²) in [6.45, 7) is 5.33. The minimum Gasteiger partial charge on any atom is -0.327 e. The third kappa shape index (κ3) is 4.71. The van der Waals surface area contributed by atoms with Gasteiger partial charge in [0.25, 0.3) is 5.91 Å². The van der Waals surface area contributed by atoms with Crippen molar-refractivity contribution in [1.82, 2.24) is 9.88 Å². The maximum Gasteiger partial charge on any atom is 0.255 e. The van der Waals surface area contributed by atoms with Crippen molar-refractivity contribution < 1.29 is 9.69 Å². The van der Waals surface area contributed by atoms with E-state index in [1.54, 1.807) is 0 Å². The average Bonchev–Trinajstić information content (AvgIpc) is 2.98. The summed E-state index contributed by atoms with van der Waals surface area (Å²) in [7, 11) is 0. The molecule has 4 heteroatoms. The number of para-hydroxylation sites is 1. The molecule has 1 amide bonds. The molecule has 5 aromatic rings. The maximum absolute atomic E-state index is 14.0. The zero-order valence-electron chi connectivity index (χ0n) is 21.7. The second-order valence-electron chi connectivity index (χ2n) is 10.1. The maximum atomic E-state index is 14.0. The van der Waals surface area contributed by atoms with Gasteiger partial charge in [0.05, 0.1) is 43.0 Å². The molecule has 2 heterocycles. The fourth-order valence-electron chi connectivity index (χ4n) is 5.76. The number of carbonyl (C=O) groups excluding carboxylic acids is 1. The van der Waals surface area contributed by atoms with E-state index in [4.69, 9.17) is 4.98 Å². The number of hydrogen-bond donors (Lipinski definition) is 1. The average molecular weight is 499 g/mol. The molecule has 0 spiro atoms. The zero-order chi connectivity index (χ0) is 25.9. The second kappa shape index (κ2) is 10.6. The summed E-state index contributed by atoms with van der Waals surface area (Å²) >= 11 is 0. The van der Waals surface area contributed by atoms with Crippen LogP contribution in [0.4, 0.5) is 0 Å². The second-order valence-corrected chi connectivity index (χ2v) is 10.1. The summed E-state index contributed by atoms with van der Waals surface area (Å²) < 4.78 is 0. The Labute approximate surface area is 224 Å². The van der Waals surface area contributed by atoms with E-state index in [1.165, 1.54) is 16.0 Å². The lowest BCUT2D eigenvalue weighted by Gasteiger charge is -2.37. The molecule has 0 bridgehead atoms. The van der Waals surface area contributed by atoms with E-state index < -0.39 is 0 Å². The number of quaternary nitrogens is 1. The van der Waals surface area contributed by atoms with Gasteiger partial charge in [0, 0.05) is 22.1 Å². The molecular formula is C34H32N3O+. The molecule has 1 aliphatic heterocycles. The number of fused-ring (bicyclic) bond motifs is 1. The number of amides is 1. The van der Waals surface area contributed by atoms with Crippen LogP contribution in [0.15, 0.2) is 115 Å². The van der Waals surface area contributed by atoms with Crippen LogP contribution in [0.5, 0.6) is 0 Å². The van der Waals surface area contributed by atoms with Crippen molar-refractivity contribution in [3.8, 4) is 11.3 Å². The van der Waals surface area contributed by atoms with Gasteiger partial charge in [-0.25, -0.2) is 4.98 Å². The lowest BCUT2D eigenvalue weighted by molar-refractivity contribution is -0.929. The number of aromatic nitrogens is 1. The predicted octanol–water partition coefficient (Wildman–Crippen LogP) is 5.34. The molecule has 1 aromatic heterocycles. The molecule has 1 N–H and O–H groups in total.